The van der Waals surface area contributed by atoms with E-state index in [2.05, 4.69) is 5.43 Å². The third kappa shape index (κ3) is 2.57. The van der Waals surface area contributed by atoms with Crippen LogP contribution in [0.3, 0.4) is 0 Å². The molecular formula is C15H19ClF2N2. The van der Waals surface area contributed by atoms with Crippen LogP contribution in [0.2, 0.25) is 5.02 Å². The van der Waals surface area contributed by atoms with Gasteiger partial charge < -0.3 is 0 Å². The van der Waals surface area contributed by atoms with Crippen LogP contribution in [0.5, 0.6) is 0 Å². The van der Waals surface area contributed by atoms with Gasteiger partial charge in [0.15, 0.2) is 0 Å². The zero-order valence-corrected chi connectivity index (χ0v) is 12.0. The van der Waals surface area contributed by atoms with Crippen molar-refractivity contribution in [2.24, 2.45) is 23.6 Å². The molecule has 0 heterocycles. The van der Waals surface area contributed by atoms with Gasteiger partial charge in [0.25, 0.3) is 0 Å². The van der Waals surface area contributed by atoms with Crippen LogP contribution in [0.1, 0.15) is 43.7 Å². The Morgan fingerprint density at radius 3 is 2.65 bits per heavy atom. The predicted molar refractivity (Wildman–Crippen MR) is 75.0 cm³/mol. The summed E-state index contributed by atoms with van der Waals surface area (Å²) < 4.78 is 27.5. The van der Waals surface area contributed by atoms with E-state index in [1.807, 2.05) is 0 Å². The van der Waals surface area contributed by atoms with Gasteiger partial charge in [-0.05, 0) is 55.6 Å². The minimum absolute atomic E-state index is 0.193. The van der Waals surface area contributed by atoms with Crippen molar-refractivity contribution in [2.45, 2.75) is 38.1 Å². The van der Waals surface area contributed by atoms with Crippen LogP contribution in [0.15, 0.2) is 12.1 Å². The van der Waals surface area contributed by atoms with Crippen LogP contribution < -0.4 is 11.3 Å². The van der Waals surface area contributed by atoms with Crippen molar-refractivity contribution < 1.29 is 8.78 Å². The highest BCUT2D eigenvalue weighted by molar-refractivity contribution is 6.30. The number of hydrazine groups is 1. The Morgan fingerprint density at radius 1 is 1.25 bits per heavy atom. The standard InChI is InChI=1S/C15H19ClF2N2/c16-12-7-13(17)11(6-14(12)18)15(20-19)5-10-4-8-1-2-9(10)3-8/h6-10,15,20H,1-5,19H2. The fourth-order valence-corrected chi connectivity index (χ4v) is 4.21. The zero-order valence-electron chi connectivity index (χ0n) is 11.2. The van der Waals surface area contributed by atoms with Crippen LogP contribution in [-0.4, -0.2) is 0 Å². The zero-order chi connectivity index (χ0) is 14.3. The Labute approximate surface area is 122 Å². The van der Waals surface area contributed by atoms with E-state index < -0.39 is 11.6 Å². The van der Waals surface area contributed by atoms with Gasteiger partial charge in [-0.15, -0.1) is 0 Å². The van der Waals surface area contributed by atoms with Crippen molar-refractivity contribution >= 4 is 11.6 Å². The number of nitrogens with one attached hydrogen (secondary N) is 1. The van der Waals surface area contributed by atoms with E-state index in [1.54, 1.807) is 0 Å². The maximum absolute atomic E-state index is 14.0. The van der Waals surface area contributed by atoms with Gasteiger partial charge in [0, 0.05) is 11.6 Å². The molecule has 4 unspecified atom stereocenters. The molecule has 0 saturated heterocycles. The second-order valence-electron chi connectivity index (χ2n) is 6.18. The summed E-state index contributed by atoms with van der Waals surface area (Å²) in [4.78, 5) is 0. The largest absolute Gasteiger partial charge is 0.271 e. The maximum atomic E-state index is 14.0. The Kier molecular flexibility index (Phi) is 3.98. The van der Waals surface area contributed by atoms with Crippen LogP contribution in [0.4, 0.5) is 8.78 Å². The summed E-state index contributed by atoms with van der Waals surface area (Å²) in [6, 6.07) is 1.83. The van der Waals surface area contributed by atoms with Gasteiger partial charge >= 0.3 is 0 Å². The molecule has 0 amide bonds. The molecule has 2 nitrogen and oxygen atoms in total. The molecule has 0 aromatic heterocycles. The molecule has 3 rings (SSSR count). The molecular weight excluding hydrogens is 282 g/mol. The highest BCUT2D eigenvalue weighted by Gasteiger charge is 2.40. The molecule has 1 aromatic carbocycles. The van der Waals surface area contributed by atoms with Crippen molar-refractivity contribution in [3.05, 3.63) is 34.4 Å². The van der Waals surface area contributed by atoms with Gasteiger partial charge in [0.05, 0.1) is 5.02 Å². The van der Waals surface area contributed by atoms with Crippen molar-refractivity contribution in [2.75, 3.05) is 0 Å². The molecule has 2 aliphatic carbocycles. The van der Waals surface area contributed by atoms with Crippen LogP contribution in [0.25, 0.3) is 0 Å². The molecule has 20 heavy (non-hydrogen) atoms. The van der Waals surface area contributed by atoms with Crippen LogP contribution in [0, 0.1) is 29.4 Å². The molecule has 4 atom stereocenters. The highest BCUT2D eigenvalue weighted by Crippen LogP contribution is 2.51. The van der Waals surface area contributed by atoms with E-state index in [9.17, 15) is 8.78 Å². The third-order valence-electron chi connectivity index (χ3n) is 5.04. The minimum Gasteiger partial charge on any atom is -0.271 e. The predicted octanol–water partition coefficient (Wildman–Crippen LogP) is 3.95. The molecule has 3 N–H and O–H groups in total. The Morgan fingerprint density at radius 2 is 2.05 bits per heavy atom. The SMILES string of the molecule is NNC(CC1CC2CCC1C2)c1cc(F)c(Cl)cc1F. The average Bonchev–Trinajstić information content (AvgIpc) is 3.03. The second kappa shape index (κ2) is 5.58. The summed E-state index contributed by atoms with van der Waals surface area (Å²) >= 11 is 5.59. The number of hydrogen-bond acceptors (Lipinski definition) is 2. The Balaban J connectivity index is 1.78. The monoisotopic (exact) mass is 300 g/mol. The van der Waals surface area contributed by atoms with Gasteiger partial charge in [-0.3, -0.25) is 11.3 Å². The van der Waals surface area contributed by atoms with Gasteiger partial charge in [-0.1, -0.05) is 18.0 Å². The molecule has 5 heteroatoms. The first kappa shape index (κ1) is 14.2. The lowest BCUT2D eigenvalue weighted by atomic mass is 9.83. The van der Waals surface area contributed by atoms with Gasteiger partial charge in [-0.2, -0.15) is 0 Å². The fourth-order valence-electron chi connectivity index (χ4n) is 4.06. The normalized spacial score (nSPS) is 29.9. The first-order valence-electron chi connectivity index (χ1n) is 7.19. The van der Waals surface area contributed by atoms with Crippen molar-refractivity contribution in [3.63, 3.8) is 0 Å². The molecule has 2 aliphatic rings. The van der Waals surface area contributed by atoms with Gasteiger partial charge in [0.1, 0.15) is 11.6 Å². The Bertz CT molecular complexity index is 509. The van der Waals surface area contributed by atoms with E-state index >= 15 is 0 Å². The van der Waals surface area contributed by atoms with Gasteiger partial charge in [0.2, 0.25) is 0 Å². The van der Waals surface area contributed by atoms with E-state index in [-0.39, 0.29) is 16.6 Å². The van der Waals surface area contributed by atoms with Crippen molar-refractivity contribution in [1.29, 1.82) is 0 Å². The molecule has 0 aliphatic heterocycles. The molecule has 2 bridgehead atoms. The molecule has 110 valence electrons. The summed E-state index contributed by atoms with van der Waals surface area (Å²) in [7, 11) is 0. The number of halogens is 3. The first-order valence-corrected chi connectivity index (χ1v) is 7.56. The minimum atomic E-state index is -0.601. The van der Waals surface area contributed by atoms with E-state index in [0.717, 1.165) is 30.4 Å². The lowest BCUT2D eigenvalue weighted by Gasteiger charge is -2.27. The number of nitrogens with two attached hydrogens (primary N) is 1. The van der Waals surface area contributed by atoms with E-state index in [4.69, 9.17) is 17.4 Å². The topological polar surface area (TPSA) is 38.0 Å². The highest BCUT2D eigenvalue weighted by atomic mass is 35.5. The molecule has 2 fully saturated rings. The van der Waals surface area contributed by atoms with E-state index in [1.165, 1.54) is 25.7 Å². The summed E-state index contributed by atoms with van der Waals surface area (Å²) in [5.74, 6) is 6.59. The van der Waals surface area contributed by atoms with Crippen LogP contribution >= 0.6 is 11.6 Å². The lowest BCUT2D eigenvalue weighted by Crippen LogP contribution is -2.31. The summed E-state index contributed by atoms with van der Waals surface area (Å²) in [6.07, 6.45) is 5.84. The number of hydrogen-bond donors (Lipinski definition) is 2. The lowest BCUT2D eigenvalue weighted by molar-refractivity contribution is 0.277. The summed E-state index contributed by atoms with van der Waals surface area (Å²) in [5.41, 5.74) is 2.92. The van der Waals surface area contributed by atoms with Crippen molar-refractivity contribution in [1.82, 2.24) is 5.43 Å². The first-order chi connectivity index (χ1) is 9.58. The molecule has 2 saturated carbocycles. The number of benzene rings is 1. The van der Waals surface area contributed by atoms with Crippen molar-refractivity contribution in [3.8, 4) is 0 Å². The quantitative estimate of drug-likeness (QED) is 0.502. The van der Waals surface area contributed by atoms with E-state index in [0.29, 0.717) is 5.92 Å². The Hall–Kier alpha value is -0.710. The number of rotatable bonds is 4. The summed E-state index contributed by atoms with van der Waals surface area (Å²) in [5, 5.41) is -0.193. The number of fused-ring (bicyclic) bond motifs is 2. The van der Waals surface area contributed by atoms with Crippen LogP contribution in [-0.2, 0) is 0 Å². The molecule has 0 radical (unpaired) electrons. The molecule has 1 aromatic rings. The molecule has 0 spiro atoms. The second-order valence-corrected chi connectivity index (χ2v) is 6.58. The maximum Gasteiger partial charge on any atom is 0.142 e. The summed E-state index contributed by atoms with van der Waals surface area (Å²) in [6.45, 7) is 0. The average molecular weight is 301 g/mol. The fraction of sp³-hybridized carbons (Fsp3) is 0.600. The third-order valence-corrected chi connectivity index (χ3v) is 5.33. The van der Waals surface area contributed by atoms with Gasteiger partial charge in [-0.25, -0.2) is 8.78 Å². The smallest absolute Gasteiger partial charge is 0.142 e.